The van der Waals surface area contributed by atoms with E-state index in [1.165, 1.54) is 10.8 Å². The molecular formula is C64H39NO3. The molecule has 0 bridgehead atoms. The molecule has 11 aromatic carbocycles. The Kier molecular flexibility index (Phi) is 8.55. The lowest BCUT2D eigenvalue weighted by Crippen LogP contribution is -2.10. The third-order valence-electron chi connectivity index (χ3n) is 13.7. The molecule has 0 aliphatic carbocycles. The van der Waals surface area contributed by atoms with Gasteiger partial charge in [0.2, 0.25) is 0 Å². The number of benzene rings is 11. The summed E-state index contributed by atoms with van der Waals surface area (Å²) in [4.78, 5) is 2.37. The number of hydrogen-bond acceptors (Lipinski definition) is 4. The molecule has 0 N–H and O–H groups in total. The van der Waals surface area contributed by atoms with Crippen LogP contribution in [-0.4, -0.2) is 0 Å². The fourth-order valence-electron chi connectivity index (χ4n) is 10.5. The number of furan rings is 3. The van der Waals surface area contributed by atoms with E-state index >= 15 is 0 Å². The average molecular weight is 870 g/mol. The minimum atomic E-state index is 0.847. The number of fused-ring (bicyclic) bond motifs is 10. The second-order valence-electron chi connectivity index (χ2n) is 17.5. The minimum absolute atomic E-state index is 0.847. The average Bonchev–Trinajstić information content (AvgIpc) is 4.11. The Morgan fingerprint density at radius 1 is 0.265 bits per heavy atom. The SMILES string of the molecule is c1cc(-c2ccc(N(c3ccc(-c4cccc5c4oc4ccccc45)cc3)c3ccc(-c4cccc5ccccc45)c4oc5ccccc5c34)cc2)cc(-c2cccc3oc4ccccc4c23)c1. The van der Waals surface area contributed by atoms with Crippen LogP contribution in [0.5, 0.6) is 0 Å². The van der Waals surface area contributed by atoms with E-state index in [4.69, 9.17) is 13.3 Å². The van der Waals surface area contributed by atoms with Gasteiger partial charge in [-0.3, -0.25) is 0 Å². The van der Waals surface area contributed by atoms with Gasteiger partial charge in [-0.1, -0.05) is 170 Å². The van der Waals surface area contributed by atoms with Crippen LogP contribution in [0.1, 0.15) is 0 Å². The first-order valence-corrected chi connectivity index (χ1v) is 23.1. The lowest BCUT2D eigenvalue weighted by molar-refractivity contribution is 0.669. The molecule has 3 aromatic heterocycles. The molecule has 0 radical (unpaired) electrons. The van der Waals surface area contributed by atoms with E-state index in [1.807, 2.05) is 30.3 Å². The van der Waals surface area contributed by atoms with Crippen LogP contribution in [0.15, 0.2) is 250 Å². The van der Waals surface area contributed by atoms with Crippen molar-refractivity contribution >= 4 is 93.7 Å². The molecule has 0 saturated heterocycles. The topological polar surface area (TPSA) is 42.7 Å². The second kappa shape index (κ2) is 15.2. The summed E-state index contributed by atoms with van der Waals surface area (Å²) in [7, 11) is 0. The van der Waals surface area contributed by atoms with Gasteiger partial charge in [-0.05, 0) is 111 Å². The van der Waals surface area contributed by atoms with Gasteiger partial charge < -0.3 is 18.2 Å². The van der Waals surface area contributed by atoms with Crippen LogP contribution >= 0.6 is 0 Å². The summed E-state index contributed by atoms with van der Waals surface area (Å²) in [5.74, 6) is 0. The van der Waals surface area contributed by atoms with E-state index in [-0.39, 0.29) is 0 Å². The maximum atomic E-state index is 6.92. The molecule has 0 amide bonds. The lowest BCUT2D eigenvalue weighted by atomic mass is 9.95. The van der Waals surface area contributed by atoms with Gasteiger partial charge >= 0.3 is 0 Å². The van der Waals surface area contributed by atoms with Crippen LogP contribution in [0.3, 0.4) is 0 Å². The number of nitrogens with zero attached hydrogens (tertiary/aromatic N) is 1. The lowest BCUT2D eigenvalue weighted by Gasteiger charge is -2.27. The zero-order valence-corrected chi connectivity index (χ0v) is 36.7. The smallest absolute Gasteiger partial charge is 0.145 e. The number of hydrogen-bond donors (Lipinski definition) is 0. The molecule has 0 saturated carbocycles. The molecule has 0 fully saturated rings. The Bertz CT molecular complexity index is 4260. The van der Waals surface area contributed by atoms with Gasteiger partial charge in [-0.25, -0.2) is 0 Å². The largest absolute Gasteiger partial charge is 0.456 e. The summed E-state index contributed by atoms with van der Waals surface area (Å²) in [6.45, 7) is 0. The monoisotopic (exact) mass is 869 g/mol. The zero-order chi connectivity index (χ0) is 44.7. The maximum absolute atomic E-state index is 6.92. The van der Waals surface area contributed by atoms with Gasteiger partial charge in [0.1, 0.15) is 33.5 Å². The molecule has 68 heavy (non-hydrogen) atoms. The van der Waals surface area contributed by atoms with Crippen LogP contribution < -0.4 is 4.90 Å². The molecule has 318 valence electrons. The second-order valence-corrected chi connectivity index (χ2v) is 17.5. The normalized spacial score (nSPS) is 11.8. The highest BCUT2D eigenvalue weighted by atomic mass is 16.3. The molecular weight excluding hydrogens is 831 g/mol. The Morgan fingerprint density at radius 3 is 1.59 bits per heavy atom. The maximum Gasteiger partial charge on any atom is 0.145 e. The van der Waals surface area contributed by atoms with Crippen LogP contribution in [0.2, 0.25) is 0 Å². The standard InChI is InChI=1S/C64H39NO3/c1-2-17-47-41(13-1)14-10-23-50(47)53-37-38-56(62-55-20-5-8-27-59(55)68-64(53)62)65(46-35-31-42(32-36-46)49-22-11-24-52-51-18-3-6-25-57(51)67-63(49)52)45-33-29-40(30-34-45)43-15-9-16-44(39-43)48-21-12-28-60-61(48)54-19-4-7-26-58(54)66-60/h1-39H. The first-order valence-electron chi connectivity index (χ1n) is 23.1. The molecule has 0 aliphatic rings. The number of anilines is 3. The van der Waals surface area contributed by atoms with Gasteiger partial charge in [0.15, 0.2) is 0 Å². The fourth-order valence-corrected chi connectivity index (χ4v) is 10.5. The van der Waals surface area contributed by atoms with Gasteiger partial charge in [0.25, 0.3) is 0 Å². The summed E-state index contributed by atoms with van der Waals surface area (Å²) in [5, 5.41) is 8.98. The van der Waals surface area contributed by atoms with Crippen LogP contribution in [0.25, 0.3) is 121 Å². The van der Waals surface area contributed by atoms with Gasteiger partial charge in [-0.15, -0.1) is 0 Å². The van der Waals surface area contributed by atoms with E-state index in [2.05, 4.69) is 211 Å². The molecule has 0 aliphatic heterocycles. The predicted molar refractivity (Wildman–Crippen MR) is 282 cm³/mol. The van der Waals surface area contributed by atoms with Gasteiger partial charge in [0, 0.05) is 49.4 Å². The Labute approximate surface area is 391 Å². The van der Waals surface area contributed by atoms with Crippen molar-refractivity contribution in [2.75, 3.05) is 4.90 Å². The molecule has 0 spiro atoms. The molecule has 3 heterocycles. The van der Waals surface area contributed by atoms with Crippen LogP contribution in [0, 0.1) is 0 Å². The summed E-state index contributed by atoms with van der Waals surface area (Å²) in [6, 6.07) is 83.9. The third-order valence-corrected chi connectivity index (χ3v) is 13.7. The number of para-hydroxylation sites is 4. The van der Waals surface area contributed by atoms with E-state index in [9.17, 15) is 0 Å². The molecule has 4 heteroatoms. The van der Waals surface area contributed by atoms with Crippen molar-refractivity contribution in [1.82, 2.24) is 0 Å². The van der Waals surface area contributed by atoms with E-state index < -0.39 is 0 Å². The Balaban J connectivity index is 0.928. The highest BCUT2D eigenvalue weighted by Gasteiger charge is 2.24. The number of rotatable bonds is 7. The zero-order valence-electron chi connectivity index (χ0n) is 36.7. The van der Waals surface area contributed by atoms with Crippen LogP contribution in [-0.2, 0) is 0 Å². The Morgan fingerprint density at radius 2 is 0.794 bits per heavy atom. The van der Waals surface area contributed by atoms with Crippen molar-refractivity contribution in [3.63, 3.8) is 0 Å². The Hall–Kier alpha value is -9.12. The summed E-state index contributed by atoms with van der Waals surface area (Å²) in [5.41, 5.74) is 17.2. The van der Waals surface area contributed by atoms with Crippen molar-refractivity contribution in [3.05, 3.63) is 237 Å². The van der Waals surface area contributed by atoms with Crippen LogP contribution in [0.4, 0.5) is 17.1 Å². The van der Waals surface area contributed by atoms with E-state index in [1.54, 1.807) is 0 Å². The first kappa shape index (κ1) is 38.2. The van der Waals surface area contributed by atoms with Crippen molar-refractivity contribution in [2.45, 2.75) is 0 Å². The molecule has 14 rings (SSSR count). The van der Waals surface area contributed by atoms with Crippen molar-refractivity contribution in [2.24, 2.45) is 0 Å². The van der Waals surface area contributed by atoms with E-state index in [0.29, 0.717) is 0 Å². The van der Waals surface area contributed by atoms with Crippen molar-refractivity contribution in [3.8, 4) is 44.5 Å². The predicted octanol–water partition coefficient (Wildman–Crippen LogP) is 18.7. The summed E-state index contributed by atoms with van der Waals surface area (Å²) in [6.07, 6.45) is 0. The minimum Gasteiger partial charge on any atom is -0.456 e. The highest BCUT2D eigenvalue weighted by Crippen LogP contribution is 2.48. The fraction of sp³-hybridized carbons (Fsp3) is 0. The van der Waals surface area contributed by atoms with Crippen molar-refractivity contribution in [1.29, 1.82) is 0 Å². The van der Waals surface area contributed by atoms with Gasteiger partial charge in [-0.2, -0.15) is 0 Å². The van der Waals surface area contributed by atoms with Gasteiger partial charge in [0.05, 0.1) is 11.1 Å². The molecule has 14 aromatic rings. The third kappa shape index (κ3) is 6.01. The van der Waals surface area contributed by atoms with Crippen molar-refractivity contribution < 1.29 is 13.3 Å². The molecule has 0 atom stereocenters. The quantitative estimate of drug-likeness (QED) is 0.160. The molecule has 0 unspecified atom stereocenters. The molecule has 4 nitrogen and oxygen atoms in total. The first-order chi connectivity index (χ1) is 33.7. The highest BCUT2D eigenvalue weighted by molar-refractivity contribution is 6.19. The summed E-state index contributed by atoms with van der Waals surface area (Å²) < 4.78 is 19.7. The van der Waals surface area contributed by atoms with E-state index in [0.717, 1.165) is 127 Å². The summed E-state index contributed by atoms with van der Waals surface area (Å²) >= 11 is 0.